The number of aliphatic hydroxyl groups excluding tert-OH is 1. The van der Waals surface area contributed by atoms with Gasteiger partial charge in [0.15, 0.2) is 0 Å². The molecule has 0 spiro atoms. The number of hydrogen-bond donors (Lipinski definition) is 1. The predicted molar refractivity (Wildman–Crippen MR) is 93.3 cm³/mol. The summed E-state index contributed by atoms with van der Waals surface area (Å²) in [4.78, 5) is 18.9. The van der Waals surface area contributed by atoms with Gasteiger partial charge in [-0.05, 0) is 38.6 Å². The topological polar surface area (TPSA) is 47.0 Å². The first kappa shape index (κ1) is 18.7. The number of rotatable bonds is 6. The number of carbonyl (C=O) groups excluding carboxylic acids is 1. The van der Waals surface area contributed by atoms with Crippen molar-refractivity contribution in [1.29, 1.82) is 0 Å². The molecular formula is C18H35N3O2. The highest BCUT2D eigenvalue weighted by Crippen LogP contribution is 2.31. The standard InChI is InChI=1S/C18H35N3O2/c1-4-15-5-7-16(8-6-15)18(23)20(3)13-17(22)14-21-11-9-19(2)10-12-21/h15-17,22H,4-14H2,1-3H3/t15?,16?,17-/m0/s1. The van der Waals surface area contributed by atoms with Crippen LogP contribution in [-0.2, 0) is 4.79 Å². The third kappa shape index (κ3) is 5.73. The molecule has 5 heteroatoms. The monoisotopic (exact) mass is 325 g/mol. The minimum absolute atomic E-state index is 0.179. The fourth-order valence-electron chi connectivity index (χ4n) is 3.92. The van der Waals surface area contributed by atoms with Crippen molar-refractivity contribution in [2.75, 3.05) is 53.4 Å². The minimum Gasteiger partial charge on any atom is -0.390 e. The van der Waals surface area contributed by atoms with Crippen LogP contribution in [0.3, 0.4) is 0 Å². The average molecular weight is 325 g/mol. The Morgan fingerprint density at radius 3 is 2.35 bits per heavy atom. The molecule has 2 aliphatic rings. The largest absolute Gasteiger partial charge is 0.390 e. The van der Waals surface area contributed by atoms with Gasteiger partial charge in [0.1, 0.15) is 0 Å². The van der Waals surface area contributed by atoms with Crippen molar-refractivity contribution in [3.8, 4) is 0 Å². The van der Waals surface area contributed by atoms with Crippen molar-refractivity contribution in [2.45, 2.75) is 45.1 Å². The van der Waals surface area contributed by atoms with Gasteiger partial charge in [-0.2, -0.15) is 0 Å². The van der Waals surface area contributed by atoms with Crippen molar-refractivity contribution >= 4 is 5.91 Å². The number of aliphatic hydroxyl groups is 1. The Morgan fingerprint density at radius 1 is 1.17 bits per heavy atom. The summed E-state index contributed by atoms with van der Waals surface area (Å²) in [5.74, 6) is 1.22. The van der Waals surface area contributed by atoms with Crippen LogP contribution in [0.1, 0.15) is 39.0 Å². The number of piperazine rings is 1. The molecule has 1 N–H and O–H groups in total. The van der Waals surface area contributed by atoms with E-state index < -0.39 is 6.10 Å². The van der Waals surface area contributed by atoms with E-state index in [1.54, 1.807) is 4.90 Å². The number of amides is 1. The quantitative estimate of drug-likeness (QED) is 0.799. The molecule has 0 bridgehead atoms. The molecule has 1 saturated heterocycles. The second-order valence-electron chi connectivity index (χ2n) is 7.60. The van der Waals surface area contributed by atoms with Gasteiger partial charge in [0.05, 0.1) is 6.10 Å². The molecule has 2 fully saturated rings. The Kier molecular flexibility index (Phi) is 7.31. The normalized spacial score (nSPS) is 28.5. The van der Waals surface area contributed by atoms with Gasteiger partial charge >= 0.3 is 0 Å². The molecule has 134 valence electrons. The number of nitrogens with zero attached hydrogens (tertiary/aromatic N) is 3. The fourth-order valence-corrected chi connectivity index (χ4v) is 3.92. The number of likely N-dealkylation sites (N-methyl/N-ethyl adjacent to an activating group) is 2. The second-order valence-corrected chi connectivity index (χ2v) is 7.60. The van der Waals surface area contributed by atoms with Crippen molar-refractivity contribution in [1.82, 2.24) is 14.7 Å². The summed E-state index contributed by atoms with van der Waals surface area (Å²) in [5, 5.41) is 10.3. The molecule has 1 heterocycles. The van der Waals surface area contributed by atoms with Gasteiger partial charge in [-0.25, -0.2) is 0 Å². The summed E-state index contributed by atoms with van der Waals surface area (Å²) in [6.07, 6.45) is 5.21. The fraction of sp³-hybridized carbons (Fsp3) is 0.944. The zero-order chi connectivity index (χ0) is 16.8. The van der Waals surface area contributed by atoms with Crippen LogP contribution in [0.4, 0.5) is 0 Å². The highest BCUT2D eigenvalue weighted by Gasteiger charge is 2.28. The molecule has 0 aromatic heterocycles. The zero-order valence-corrected chi connectivity index (χ0v) is 15.2. The summed E-state index contributed by atoms with van der Waals surface area (Å²) < 4.78 is 0. The van der Waals surface area contributed by atoms with E-state index in [9.17, 15) is 9.90 Å². The Hall–Kier alpha value is -0.650. The lowest BCUT2D eigenvalue weighted by molar-refractivity contribution is -0.137. The third-order valence-corrected chi connectivity index (χ3v) is 5.70. The minimum atomic E-state index is -0.445. The van der Waals surface area contributed by atoms with E-state index >= 15 is 0 Å². The van der Waals surface area contributed by atoms with Gasteiger partial charge in [-0.15, -0.1) is 0 Å². The van der Waals surface area contributed by atoms with Gasteiger partial charge in [0, 0.05) is 52.2 Å². The predicted octanol–water partition coefficient (Wildman–Crippen LogP) is 1.27. The van der Waals surface area contributed by atoms with Crippen LogP contribution in [0.5, 0.6) is 0 Å². The Bertz CT molecular complexity index is 361. The maximum Gasteiger partial charge on any atom is 0.225 e. The Balaban J connectivity index is 1.70. The Morgan fingerprint density at radius 2 is 1.78 bits per heavy atom. The average Bonchev–Trinajstić information content (AvgIpc) is 2.56. The molecule has 0 unspecified atom stereocenters. The van der Waals surface area contributed by atoms with Crippen LogP contribution < -0.4 is 0 Å². The SMILES string of the molecule is CCC1CCC(C(=O)N(C)C[C@H](O)CN2CCN(C)CC2)CC1. The van der Waals surface area contributed by atoms with Gasteiger partial charge in [0.25, 0.3) is 0 Å². The molecule has 1 atom stereocenters. The second kappa shape index (κ2) is 9.00. The molecule has 5 nitrogen and oxygen atoms in total. The zero-order valence-electron chi connectivity index (χ0n) is 15.2. The summed E-state index contributed by atoms with van der Waals surface area (Å²) in [5.41, 5.74) is 0. The van der Waals surface area contributed by atoms with Crippen molar-refractivity contribution in [2.24, 2.45) is 11.8 Å². The highest BCUT2D eigenvalue weighted by molar-refractivity contribution is 5.78. The summed E-state index contributed by atoms with van der Waals surface area (Å²) in [7, 11) is 3.98. The molecule has 0 aromatic carbocycles. The maximum atomic E-state index is 12.6. The van der Waals surface area contributed by atoms with E-state index in [1.165, 1.54) is 19.3 Å². The first-order valence-corrected chi connectivity index (χ1v) is 9.33. The van der Waals surface area contributed by atoms with Crippen LogP contribution in [0, 0.1) is 11.8 Å². The van der Waals surface area contributed by atoms with E-state index in [0.29, 0.717) is 13.1 Å². The highest BCUT2D eigenvalue weighted by atomic mass is 16.3. The van der Waals surface area contributed by atoms with Crippen LogP contribution in [-0.4, -0.2) is 85.2 Å². The third-order valence-electron chi connectivity index (χ3n) is 5.70. The van der Waals surface area contributed by atoms with Crippen LogP contribution in [0.25, 0.3) is 0 Å². The van der Waals surface area contributed by atoms with Gasteiger partial charge in [-0.1, -0.05) is 13.3 Å². The van der Waals surface area contributed by atoms with Gasteiger partial charge < -0.3 is 14.9 Å². The van der Waals surface area contributed by atoms with Crippen molar-refractivity contribution in [3.05, 3.63) is 0 Å². The summed E-state index contributed by atoms with van der Waals surface area (Å²) in [6, 6.07) is 0. The number of hydrogen-bond acceptors (Lipinski definition) is 4. The molecule has 1 saturated carbocycles. The summed E-state index contributed by atoms with van der Waals surface area (Å²) in [6.45, 7) is 7.50. The first-order valence-electron chi connectivity index (χ1n) is 9.33. The molecule has 1 amide bonds. The molecule has 1 aliphatic carbocycles. The maximum absolute atomic E-state index is 12.6. The van der Waals surface area contributed by atoms with Crippen LogP contribution >= 0.6 is 0 Å². The molecule has 2 rings (SSSR count). The molecule has 0 radical (unpaired) electrons. The van der Waals surface area contributed by atoms with Crippen molar-refractivity contribution < 1.29 is 9.90 Å². The molecular weight excluding hydrogens is 290 g/mol. The van der Waals surface area contributed by atoms with E-state index in [4.69, 9.17) is 0 Å². The van der Waals surface area contributed by atoms with E-state index in [2.05, 4.69) is 23.8 Å². The van der Waals surface area contributed by atoms with E-state index in [0.717, 1.165) is 44.9 Å². The van der Waals surface area contributed by atoms with E-state index in [-0.39, 0.29) is 11.8 Å². The lowest BCUT2D eigenvalue weighted by Crippen LogP contribution is -2.49. The number of β-amino-alcohol motifs (C(OH)–C–C–N with tert-alkyl or cyclic N) is 1. The van der Waals surface area contributed by atoms with Gasteiger partial charge in [-0.3, -0.25) is 9.69 Å². The molecule has 0 aromatic rings. The molecule has 1 aliphatic heterocycles. The summed E-state index contributed by atoms with van der Waals surface area (Å²) >= 11 is 0. The first-order chi connectivity index (χ1) is 11.0. The Labute approximate surface area is 141 Å². The van der Waals surface area contributed by atoms with Crippen LogP contribution in [0.15, 0.2) is 0 Å². The van der Waals surface area contributed by atoms with Gasteiger partial charge in [0.2, 0.25) is 5.91 Å². The van der Waals surface area contributed by atoms with Crippen LogP contribution in [0.2, 0.25) is 0 Å². The van der Waals surface area contributed by atoms with Crippen molar-refractivity contribution in [3.63, 3.8) is 0 Å². The van der Waals surface area contributed by atoms with E-state index in [1.807, 2.05) is 7.05 Å². The lowest BCUT2D eigenvalue weighted by atomic mass is 9.80. The number of carbonyl (C=O) groups is 1. The lowest BCUT2D eigenvalue weighted by Gasteiger charge is -2.35. The smallest absolute Gasteiger partial charge is 0.225 e. The molecule has 23 heavy (non-hydrogen) atoms.